The fourth-order valence-electron chi connectivity index (χ4n) is 0.530. The van der Waals surface area contributed by atoms with Gasteiger partial charge >= 0.3 is 5.97 Å². The molecule has 11 heavy (non-hydrogen) atoms. The van der Waals surface area contributed by atoms with Gasteiger partial charge in [-0.25, -0.2) is 0 Å². The highest BCUT2D eigenvalue weighted by Crippen LogP contribution is 2.07. The number of rotatable bonds is 4. The maximum absolute atomic E-state index is 10.6. The average molecular weight is 175 g/mol. The van der Waals surface area contributed by atoms with E-state index in [0.29, 0.717) is 6.61 Å². The van der Waals surface area contributed by atoms with Crippen molar-refractivity contribution in [2.24, 2.45) is 5.73 Å². The Balaban J connectivity index is 3.35. The quantitative estimate of drug-likeness (QED) is 0.508. The van der Waals surface area contributed by atoms with E-state index in [2.05, 4.69) is 19.6 Å². The lowest BCUT2D eigenvalue weighted by Gasteiger charge is -2.14. The first-order valence-corrected chi connectivity index (χ1v) is 7.52. The van der Waals surface area contributed by atoms with Crippen LogP contribution in [-0.2, 0) is 9.53 Å². The Labute approximate surface area is 68.9 Å². The summed E-state index contributed by atoms with van der Waals surface area (Å²) in [7, 11) is -1.05. The van der Waals surface area contributed by atoms with Crippen molar-refractivity contribution in [2.75, 3.05) is 13.2 Å². The topological polar surface area (TPSA) is 52.3 Å². The van der Waals surface area contributed by atoms with Crippen molar-refractivity contribution in [3.8, 4) is 0 Å². The highest BCUT2D eigenvalue weighted by atomic mass is 28.3. The zero-order valence-electron chi connectivity index (χ0n) is 7.52. The van der Waals surface area contributed by atoms with Crippen LogP contribution in [-0.4, -0.2) is 27.2 Å². The summed E-state index contributed by atoms with van der Waals surface area (Å²) in [5.74, 6) is -0.303. The van der Waals surface area contributed by atoms with Gasteiger partial charge in [-0.2, -0.15) is 0 Å². The molecule has 0 saturated heterocycles. The highest BCUT2D eigenvalue weighted by molar-refractivity contribution is 6.76. The van der Waals surface area contributed by atoms with E-state index in [1.807, 2.05) is 0 Å². The van der Waals surface area contributed by atoms with Gasteiger partial charge in [-0.3, -0.25) is 4.79 Å². The summed E-state index contributed by atoms with van der Waals surface area (Å²) in [5.41, 5.74) is 5.06. The number of carbonyl (C=O) groups is 1. The molecule has 2 N–H and O–H groups in total. The molecule has 0 aromatic carbocycles. The number of carbonyl (C=O) groups excluding carboxylic acids is 1. The molecule has 0 heterocycles. The van der Waals surface area contributed by atoms with Crippen LogP contribution < -0.4 is 5.73 Å². The van der Waals surface area contributed by atoms with Crippen molar-refractivity contribution in [2.45, 2.75) is 25.7 Å². The maximum Gasteiger partial charge on any atom is 0.319 e. The Kier molecular flexibility index (Phi) is 4.36. The average Bonchev–Trinajstić information content (AvgIpc) is 1.85. The fourth-order valence-corrected chi connectivity index (χ4v) is 1.24. The molecular formula is C7H17NO2Si. The molecule has 3 nitrogen and oxygen atoms in total. The van der Waals surface area contributed by atoms with Gasteiger partial charge < -0.3 is 10.5 Å². The van der Waals surface area contributed by atoms with Gasteiger partial charge in [-0.15, -0.1) is 0 Å². The van der Waals surface area contributed by atoms with Gasteiger partial charge in [-0.05, 0) is 6.04 Å². The van der Waals surface area contributed by atoms with Crippen molar-refractivity contribution in [1.82, 2.24) is 0 Å². The molecule has 66 valence electrons. The number of hydrogen-bond donors (Lipinski definition) is 1. The third-order valence-corrected chi connectivity index (χ3v) is 2.99. The Morgan fingerprint density at radius 2 is 2.00 bits per heavy atom. The minimum Gasteiger partial charge on any atom is -0.465 e. The summed E-state index contributed by atoms with van der Waals surface area (Å²) in [6.45, 7) is 7.24. The van der Waals surface area contributed by atoms with Crippen molar-refractivity contribution in [3.63, 3.8) is 0 Å². The maximum atomic E-state index is 10.6. The third-order valence-electron chi connectivity index (χ3n) is 1.28. The molecule has 0 unspecified atom stereocenters. The van der Waals surface area contributed by atoms with E-state index in [4.69, 9.17) is 10.5 Å². The zero-order valence-corrected chi connectivity index (χ0v) is 8.52. The first-order valence-electron chi connectivity index (χ1n) is 3.81. The van der Waals surface area contributed by atoms with Crippen molar-refractivity contribution in [1.29, 1.82) is 0 Å². The predicted molar refractivity (Wildman–Crippen MR) is 48.2 cm³/mol. The first kappa shape index (κ1) is 10.6. The Morgan fingerprint density at radius 1 is 1.45 bits per heavy atom. The lowest BCUT2D eigenvalue weighted by molar-refractivity contribution is -0.141. The first-order chi connectivity index (χ1) is 4.95. The van der Waals surface area contributed by atoms with Gasteiger partial charge in [0.25, 0.3) is 0 Å². The fraction of sp³-hybridized carbons (Fsp3) is 0.857. The van der Waals surface area contributed by atoms with Crippen LogP contribution in [0.5, 0.6) is 0 Å². The molecule has 0 atom stereocenters. The molecule has 0 spiro atoms. The van der Waals surface area contributed by atoms with Crippen molar-refractivity contribution < 1.29 is 9.53 Å². The summed E-state index contributed by atoms with van der Waals surface area (Å²) < 4.78 is 4.84. The lowest BCUT2D eigenvalue weighted by atomic mass is 10.7. The zero-order chi connectivity index (χ0) is 8.91. The van der Waals surface area contributed by atoms with Crippen molar-refractivity contribution >= 4 is 14.0 Å². The summed E-state index contributed by atoms with van der Waals surface area (Å²) >= 11 is 0. The summed E-state index contributed by atoms with van der Waals surface area (Å²) in [5, 5.41) is 0. The second kappa shape index (κ2) is 4.51. The van der Waals surface area contributed by atoms with Crippen LogP contribution in [0.2, 0.25) is 25.7 Å². The molecule has 0 aromatic rings. The summed E-state index contributed by atoms with van der Waals surface area (Å²) in [6, 6.07) is 1.01. The van der Waals surface area contributed by atoms with E-state index >= 15 is 0 Å². The normalized spacial score (nSPS) is 11.3. The van der Waals surface area contributed by atoms with E-state index in [1.165, 1.54) is 0 Å². The molecule has 0 bridgehead atoms. The number of ether oxygens (including phenoxy) is 1. The van der Waals surface area contributed by atoms with E-state index in [1.54, 1.807) is 0 Å². The molecule has 0 rings (SSSR count). The van der Waals surface area contributed by atoms with Crippen LogP contribution in [0, 0.1) is 0 Å². The van der Waals surface area contributed by atoms with Gasteiger partial charge in [0.15, 0.2) is 0 Å². The molecule has 0 aliphatic heterocycles. The van der Waals surface area contributed by atoms with Crippen LogP contribution in [0.3, 0.4) is 0 Å². The second-order valence-corrected chi connectivity index (χ2v) is 9.36. The molecule has 0 saturated carbocycles. The molecule has 0 fully saturated rings. The minimum atomic E-state index is -1.05. The van der Waals surface area contributed by atoms with Crippen LogP contribution in [0.1, 0.15) is 0 Å². The Hall–Kier alpha value is -0.353. The van der Waals surface area contributed by atoms with E-state index in [0.717, 1.165) is 6.04 Å². The largest absolute Gasteiger partial charge is 0.465 e. The summed E-state index contributed by atoms with van der Waals surface area (Å²) in [4.78, 5) is 10.6. The number of hydrogen-bond acceptors (Lipinski definition) is 3. The van der Waals surface area contributed by atoms with E-state index < -0.39 is 8.07 Å². The molecule has 0 aliphatic rings. The van der Waals surface area contributed by atoms with Crippen LogP contribution in [0.4, 0.5) is 0 Å². The number of nitrogens with two attached hydrogens (primary N) is 1. The standard InChI is InChI=1S/C7H17NO2Si/c1-11(2,3)5-4-10-7(9)6-8/h4-6,8H2,1-3H3. The number of esters is 1. The van der Waals surface area contributed by atoms with E-state index in [9.17, 15) is 4.79 Å². The van der Waals surface area contributed by atoms with Crippen LogP contribution in [0.25, 0.3) is 0 Å². The molecule has 0 aromatic heterocycles. The molecule has 4 heteroatoms. The Bertz CT molecular complexity index is 131. The smallest absolute Gasteiger partial charge is 0.319 e. The lowest BCUT2D eigenvalue weighted by Crippen LogP contribution is -2.24. The van der Waals surface area contributed by atoms with E-state index in [-0.39, 0.29) is 12.5 Å². The van der Waals surface area contributed by atoms with Crippen molar-refractivity contribution in [3.05, 3.63) is 0 Å². The van der Waals surface area contributed by atoms with Gasteiger partial charge in [-0.1, -0.05) is 19.6 Å². The molecular weight excluding hydrogens is 158 g/mol. The molecule has 0 radical (unpaired) electrons. The predicted octanol–water partition coefficient (Wildman–Crippen LogP) is 0.827. The second-order valence-electron chi connectivity index (χ2n) is 3.74. The minimum absolute atomic E-state index is 0.00824. The van der Waals surface area contributed by atoms with Gasteiger partial charge in [0.1, 0.15) is 0 Å². The monoisotopic (exact) mass is 175 g/mol. The Morgan fingerprint density at radius 3 is 2.36 bits per heavy atom. The van der Waals surface area contributed by atoms with Gasteiger partial charge in [0, 0.05) is 8.07 Å². The summed E-state index contributed by atoms with van der Waals surface area (Å²) in [6.07, 6.45) is 0. The van der Waals surface area contributed by atoms with Gasteiger partial charge in [0.2, 0.25) is 0 Å². The molecule has 0 aliphatic carbocycles. The highest BCUT2D eigenvalue weighted by Gasteiger charge is 2.13. The SMILES string of the molecule is C[Si](C)(C)CCOC(=O)CN. The third kappa shape index (κ3) is 7.54. The van der Waals surface area contributed by atoms with Crippen LogP contribution in [0.15, 0.2) is 0 Å². The van der Waals surface area contributed by atoms with Crippen LogP contribution >= 0.6 is 0 Å². The van der Waals surface area contributed by atoms with Gasteiger partial charge in [0.05, 0.1) is 13.2 Å². The molecule has 0 amide bonds.